The molecule has 1 amide bonds. The molecule has 0 radical (unpaired) electrons. The molecule has 1 aliphatic rings. The Hall–Kier alpha value is -1.60. The summed E-state index contributed by atoms with van der Waals surface area (Å²) in [5.41, 5.74) is 0.609. The first-order valence-corrected chi connectivity index (χ1v) is 10.7. The number of nitrogens with zero attached hydrogens (tertiary/aromatic N) is 1. The summed E-state index contributed by atoms with van der Waals surface area (Å²) in [7, 11) is 0. The average Bonchev–Trinajstić information content (AvgIpc) is 2.80. The second kappa shape index (κ2) is 6.37. The van der Waals surface area contributed by atoms with Crippen LogP contribution in [0.5, 0.6) is 0 Å². The van der Waals surface area contributed by atoms with Gasteiger partial charge in [-0.05, 0) is 0 Å². The third-order valence-electron chi connectivity index (χ3n) is 3.40. The fourth-order valence-electron chi connectivity index (χ4n) is 2.38. The van der Waals surface area contributed by atoms with E-state index in [-0.39, 0.29) is 5.91 Å². The van der Waals surface area contributed by atoms with Crippen molar-refractivity contribution in [1.29, 1.82) is 0 Å². The Balaban J connectivity index is 1.97. The Bertz CT molecular complexity index is 816. The van der Waals surface area contributed by atoms with Crippen LogP contribution in [-0.2, 0) is 3.07 Å². The van der Waals surface area contributed by atoms with E-state index in [2.05, 4.69) is 0 Å². The standard InChI is InChI=1S/C18H17ClINO3/c1-18(2,3)21-16(22)14-9-4-5-10-15(14)20(21)24-17(23)12-7-6-8-13(19)11-12/h4-11H,1-3H3. The number of hydrogen-bond donors (Lipinski definition) is 0. The number of rotatable bonds is 2. The Morgan fingerprint density at radius 3 is 2.50 bits per heavy atom. The van der Waals surface area contributed by atoms with Crippen molar-refractivity contribution in [2.75, 3.05) is 0 Å². The van der Waals surface area contributed by atoms with Gasteiger partial charge in [-0.2, -0.15) is 0 Å². The van der Waals surface area contributed by atoms with Crippen LogP contribution in [0, 0.1) is 3.57 Å². The van der Waals surface area contributed by atoms with E-state index in [1.807, 2.05) is 39.0 Å². The molecule has 0 atom stereocenters. The van der Waals surface area contributed by atoms with Crippen LogP contribution in [-0.4, -0.2) is 20.5 Å². The van der Waals surface area contributed by atoms with Crippen molar-refractivity contribution in [3.05, 3.63) is 68.3 Å². The monoisotopic (exact) mass is 457 g/mol. The molecule has 0 unspecified atom stereocenters. The Labute approximate surface area is 154 Å². The molecule has 4 nitrogen and oxygen atoms in total. The summed E-state index contributed by atoms with van der Waals surface area (Å²) in [6, 6.07) is 14.0. The molecule has 3 rings (SSSR count). The summed E-state index contributed by atoms with van der Waals surface area (Å²) >= 11 is 3.31. The summed E-state index contributed by atoms with van der Waals surface area (Å²) in [6.07, 6.45) is 0. The van der Waals surface area contributed by atoms with Gasteiger partial charge in [0.2, 0.25) is 0 Å². The molecule has 2 aromatic carbocycles. The average molecular weight is 458 g/mol. The molecule has 126 valence electrons. The van der Waals surface area contributed by atoms with Gasteiger partial charge >= 0.3 is 154 Å². The molecule has 0 aliphatic carbocycles. The van der Waals surface area contributed by atoms with Crippen molar-refractivity contribution in [3.63, 3.8) is 0 Å². The first-order chi connectivity index (χ1) is 11.3. The first-order valence-electron chi connectivity index (χ1n) is 7.41. The van der Waals surface area contributed by atoms with Crippen LogP contribution in [0.1, 0.15) is 41.5 Å². The van der Waals surface area contributed by atoms with Crippen molar-refractivity contribution in [2.45, 2.75) is 26.3 Å². The van der Waals surface area contributed by atoms with E-state index < -0.39 is 32.0 Å². The number of benzene rings is 2. The van der Waals surface area contributed by atoms with Gasteiger partial charge in [-0.3, -0.25) is 0 Å². The molecule has 1 heterocycles. The molecule has 1 aliphatic heterocycles. The van der Waals surface area contributed by atoms with Crippen LogP contribution in [0.15, 0.2) is 48.5 Å². The molecule has 0 saturated carbocycles. The molecular weight excluding hydrogens is 441 g/mol. The van der Waals surface area contributed by atoms with Gasteiger partial charge in [0.1, 0.15) is 0 Å². The number of carbonyl (C=O) groups is 2. The van der Waals surface area contributed by atoms with Crippen LogP contribution in [0.25, 0.3) is 0 Å². The van der Waals surface area contributed by atoms with E-state index in [0.29, 0.717) is 16.1 Å². The van der Waals surface area contributed by atoms with Crippen LogP contribution >= 0.6 is 32.1 Å². The summed E-state index contributed by atoms with van der Waals surface area (Å²) in [6.45, 7) is 5.86. The van der Waals surface area contributed by atoms with Gasteiger partial charge < -0.3 is 0 Å². The molecule has 0 fully saturated rings. The zero-order chi connectivity index (χ0) is 17.5. The van der Waals surface area contributed by atoms with E-state index in [0.717, 1.165) is 3.57 Å². The number of halogens is 2. The first kappa shape index (κ1) is 17.2. The molecule has 0 spiro atoms. The van der Waals surface area contributed by atoms with Gasteiger partial charge in [0.05, 0.1) is 0 Å². The maximum absolute atomic E-state index is 12.8. The predicted octanol–water partition coefficient (Wildman–Crippen LogP) is 4.96. The van der Waals surface area contributed by atoms with Gasteiger partial charge in [0.25, 0.3) is 0 Å². The number of hydrogen-bond acceptors (Lipinski definition) is 3. The fourth-order valence-corrected chi connectivity index (χ4v) is 7.55. The Kier molecular flexibility index (Phi) is 4.57. The Morgan fingerprint density at radius 2 is 1.83 bits per heavy atom. The second-order valence-corrected chi connectivity index (χ2v) is 10.7. The maximum atomic E-state index is 12.8. The summed E-state index contributed by atoms with van der Waals surface area (Å²) in [4.78, 5) is 25.3. The van der Waals surface area contributed by atoms with Crippen molar-refractivity contribution >= 4 is 44.0 Å². The van der Waals surface area contributed by atoms with Gasteiger partial charge in [0, 0.05) is 0 Å². The minimum atomic E-state index is -2.64. The molecule has 0 saturated heterocycles. The molecule has 0 aromatic heterocycles. The number of carbonyl (C=O) groups excluding carboxylic acids is 2. The van der Waals surface area contributed by atoms with Crippen LogP contribution in [0.2, 0.25) is 5.02 Å². The third kappa shape index (κ3) is 3.15. The summed E-state index contributed by atoms with van der Waals surface area (Å²) in [5, 5.41) is 0.476. The van der Waals surface area contributed by atoms with Crippen molar-refractivity contribution in [3.8, 4) is 0 Å². The normalized spacial score (nSPS) is 15.4. The number of fused-ring (bicyclic) bond motifs is 1. The van der Waals surface area contributed by atoms with Crippen molar-refractivity contribution in [1.82, 2.24) is 3.11 Å². The molecule has 0 bridgehead atoms. The predicted molar refractivity (Wildman–Crippen MR) is 102 cm³/mol. The quantitative estimate of drug-likeness (QED) is 0.473. The molecule has 6 heteroatoms. The summed E-state index contributed by atoms with van der Waals surface area (Å²) < 4.78 is 8.46. The Morgan fingerprint density at radius 1 is 1.12 bits per heavy atom. The zero-order valence-electron chi connectivity index (χ0n) is 13.5. The minimum absolute atomic E-state index is 0.0674. The van der Waals surface area contributed by atoms with E-state index in [4.69, 9.17) is 14.7 Å². The van der Waals surface area contributed by atoms with E-state index >= 15 is 0 Å². The van der Waals surface area contributed by atoms with Crippen molar-refractivity contribution in [2.24, 2.45) is 0 Å². The van der Waals surface area contributed by atoms with Crippen LogP contribution in [0.4, 0.5) is 0 Å². The van der Waals surface area contributed by atoms with Crippen LogP contribution < -0.4 is 0 Å². The zero-order valence-corrected chi connectivity index (χ0v) is 16.5. The van der Waals surface area contributed by atoms with Gasteiger partial charge in [-0.25, -0.2) is 0 Å². The SMILES string of the molecule is CC(C)(C)N1C(=O)c2ccccc2I1OC(=O)c1cccc(Cl)c1. The molecule has 2 aromatic rings. The number of amides is 1. The van der Waals surface area contributed by atoms with Crippen molar-refractivity contribution < 1.29 is 12.7 Å². The molecule has 0 N–H and O–H groups in total. The third-order valence-corrected chi connectivity index (χ3v) is 9.15. The van der Waals surface area contributed by atoms with E-state index in [1.54, 1.807) is 33.4 Å². The van der Waals surface area contributed by atoms with E-state index in [9.17, 15) is 9.59 Å². The van der Waals surface area contributed by atoms with Gasteiger partial charge in [-0.15, -0.1) is 0 Å². The van der Waals surface area contributed by atoms with Gasteiger partial charge in [0.15, 0.2) is 0 Å². The van der Waals surface area contributed by atoms with Gasteiger partial charge in [-0.1, -0.05) is 0 Å². The molecule has 24 heavy (non-hydrogen) atoms. The summed E-state index contributed by atoms with van der Waals surface area (Å²) in [5.74, 6) is -0.511. The van der Waals surface area contributed by atoms with E-state index in [1.165, 1.54) is 0 Å². The second-order valence-electron chi connectivity index (χ2n) is 6.34. The van der Waals surface area contributed by atoms with Crippen LogP contribution in [0.3, 0.4) is 0 Å². The fraction of sp³-hybridized carbons (Fsp3) is 0.222. The molecular formula is C18H17ClINO3. The topological polar surface area (TPSA) is 46.6 Å².